The molecule has 0 aromatic carbocycles. The lowest BCUT2D eigenvalue weighted by Gasteiger charge is -2.41. The van der Waals surface area contributed by atoms with E-state index in [1.165, 1.54) is 83.5 Å². The Hall–Kier alpha value is -2.45. The predicted octanol–water partition coefficient (Wildman–Crippen LogP) is 8.94. The summed E-state index contributed by atoms with van der Waals surface area (Å²) in [5.74, 6) is -1.25. The van der Waals surface area contributed by atoms with Crippen LogP contribution in [0.25, 0.3) is 0 Å². The molecule has 0 amide bonds. The average molecular weight is 885 g/mol. The van der Waals surface area contributed by atoms with E-state index < -0.39 is 75.7 Å². The zero-order valence-electron chi connectivity index (χ0n) is 37.2. The first-order valence-corrected chi connectivity index (χ1v) is 24.6. The molecule has 0 aromatic heterocycles. The topological polar surface area (TPSA) is 210 Å². The standard InChI is InChI=1S/C47H81O13P/c1-3-5-7-9-11-13-15-17-19-20-22-23-25-27-29-31-33-35-40(48)57-37-39(38-58-61(55,56)60-47-45(53)43(51)42(50)44(52)46(47)54)59-41(49)36-34-32-30-28-26-24-21-18-16-14-12-10-8-6-4-2/h6,8,12,14,18,21,26,28,32,34,39,42-47,50-54H,3-5,7,9-11,13,15-17,19-20,22-25,27,29-31,33,35-38H2,1-2H3,(H,55,56)/b8-6-,14-12-,21-18-,28-26-,34-32-. The summed E-state index contributed by atoms with van der Waals surface area (Å²) < 4.78 is 33.4. The molecule has 1 rings (SSSR count). The summed E-state index contributed by atoms with van der Waals surface area (Å²) in [6.45, 7) is 3.10. The molecule has 0 bridgehead atoms. The Morgan fingerprint density at radius 2 is 0.918 bits per heavy atom. The van der Waals surface area contributed by atoms with E-state index in [0.29, 0.717) is 12.8 Å². The molecule has 6 atom stereocenters. The monoisotopic (exact) mass is 885 g/mol. The molecule has 6 unspecified atom stereocenters. The molecule has 0 saturated heterocycles. The first kappa shape index (κ1) is 56.6. The first-order chi connectivity index (χ1) is 29.4. The number of aliphatic hydroxyl groups excluding tert-OH is 5. The van der Waals surface area contributed by atoms with Crippen molar-refractivity contribution in [2.75, 3.05) is 13.2 Å². The lowest BCUT2D eigenvalue weighted by molar-refractivity contribution is -0.220. The Balaban J connectivity index is 2.50. The SMILES string of the molecule is CC/C=C\C/C=C\C/C=C\C/C=C\C/C=C\CC(=O)OC(COC(=O)CCCCCCCCCCCCCCCCCCC)COP(=O)(O)OC1C(O)C(O)C(O)C(O)C1O. The van der Waals surface area contributed by atoms with Gasteiger partial charge in [0.05, 0.1) is 13.0 Å². The molecule has 0 aromatic rings. The minimum absolute atomic E-state index is 0.136. The summed E-state index contributed by atoms with van der Waals surface area (Å²) in [4.78, 5) is 35.6. The van der Waals surface area contributed by atoms with Crippen molar-refractivity contribution >= 4 is 19.8 Å². The van der Waals surface area contributed by atoms with Gasteiger partial charge in [-0.2, -0.15) is 0 Å². The summed E-state index contributed by atoms with van der Waals surface area (Å²) >= 11 is 0. The number of phosphoric acid groups is 1. The lowest BCUT2D eigenvalue weighted by Crippen LogP contribution is -2.64. The van der Waals surface area contributed by atoms with E-state index in [9.17, 15) is 44.6 Å². The Morgan fingerprint density at radius 1 is 0.525 bits per heavy atom. The number of hydrogen-bond donors (Lipinski definition) is 6. The van der Waals surface area contributed by atoms with Gasteiger partial charge in [-0.15, -0.1) is 0 Å². The zero-order chi connectivity index (χ0) is 45.0. The van der Waals surface area contributed by atoms with Gasteiger partial charge in [0.15, 0.2) is 6.10 Å². The van der Waals surface area contributed by atoms with Crippen LogP contribution in [0.3, 0.4) is 0 Å². The Labute approximate surface area is 366 Å². The summed E-state index contributed by atoms with van der Waals surface area (Å²) in [5, 5.41) is 50.1. The molecule has 0 heterocycles. The van der Waals surface area contributed by atoms with E-state index in [4.69, 9.17) is 18.5 Å². The van der Waals surface area contributed by atoms with Crippen molar-refractivity contribution < 1.29 is 63.1 Å². The highest BCUT2D eigenvalue weighted by Crippen LogP contribution is 2.47. The molecule has 1 fully saturated rings. The van der Waals surface area contributed by atoms with Gasteiger partial charge in [0.2, 0.25) is 0 Å². The van der Waals surface area contributed by atoms with Gasteiger partial charge in [-0.3, -0.25) is 18.6 Å². The maximum Gasteiger partial charge on any atom is 0.472 e. The molecule has 1 aliphatic carbocycles. The van der Waals surface area contributed by atoms with Crippen LogP contribution in [0.4, 0.5) is 0 Å². The number of rotatable bonds is 37. The average Bonchev–Trinajstić information content (AvgIpc) is 3.24. The smallest absolute Gasteiger partial charge is 0.462 e. The van der Waals surface area contributed by atoms with Gasteiger partial charge in [-0.1, -0.05) is 177 Å². The van der Waals surface area contributed by atoms with E-state index >= 15 is 0 Å². The van der Waals surface area contributed by atoms with Crippen LogP contribution in [0.5, 0.6) is 0 Å². The van der Waals surface area contributed by atoms with Crippen molar-refractivity contribution in [2.45, 2.75) is 211 Å². The summed E-state index contributed by atoms with van der Waals surface area (Å²) in [5.41, 5.74) is 0. The maximum atomic E-state index is 12.8. The van der Waals surface area contributed by atoms with Crippen LogP contribution >= 0.6 is 7.82 Å². The fraction of sp³-hybridized carbons (Fsp3) is 0.745. The zero-order valence-corrected chi connectivity index (χ0v) is 38.1. The highest BCUT2D eigenvalue weighted by Gasteiger charge is 2.51. The van der Waals surface area contributed by atoms with E-state index in [-0.39, 0.29) is 12.8 Å². The van der Waals surface area contributed by atoms with Crippen LogP contribution < -0.4 is 0 Å². The quantitative estimate of drug-likeness (QED) is 0.0149. The second-order valence-electron chi connectivity index (χ2n) is 15.9. The van der Waals surface area contributed by atoms with Gasteiger partial charge in [-0.25, -0.2) is 4.57 Å². The summed E-state index contributed by atoms with van der Waals surface area (Å²) in [6, 6.07) is 0. The van der Waals surface area contributed by atoms with Gasteiger partial charge in [-0.05, 0) is 38.5 Å². The largest absolute Gasteiger partial charge is 0.472 e. The van der Waals surface area contributed by atoms with Gasteiger partial charge >= 0.3 is 19.8 Å². The molecule has 0 radical (unpaired) electrons. The molecule has 13 nitrogen and oxygen atoms in total. The molecule has 352 valence electrons. The fourth-order valence-electron chi connectivity index (χ4n) is 6.72. The van der Waals surface area contributed by atoms with Crippen molar-refractivity contribution in [3.05, 3.63) is 60.8 Å². The number of hydrogen-bond acceptors (Lipinski definition) is 12. The van der Waals surface area contributed by atoms with Crippen molar-refractivity contribution in [2.24, 2.45) is 0 Å². The number of carbonyl (C=O) groups is 2. The van der Waals surface area contributed by atoms with Crippen LogP contribution in [0.2, 0.25) is 0 Å². The molecule has 1 saturated carbocycles. The fourth-order valence-corrected chi connectivity index (χ4v) is 7.69. The van der Waals surface area contributed by atoms with Crippen molar-refractivity contribution in [3.8, 4) is 0 Å². The molecule has 6 N–H and O–H groups in total. The number of unbranched alkanes of at least 4 members (excludes halogenated alkanes) is 16. The van der Waals surface area contributed by atoms with Gasteiger partial charge in [0, 0.05) is 6.42 Å². The second kappa shape index (κ2) is 37.0. The Morgan fingerprint density at radius 3 is 1.36 bits per heavy atom. The van der Waals surface area contributed by atoms with Crippen molar-refractivity contribution in [3.63, 3.8) is 0 Å². The van der Waals surface area contributed by atoms with Crippen LogP contribution in [0.1, 0.15) is 168 Å². The maximum absolute atomic E-state index is 12.8. The van der Waals surface area contributed by atoms with Crippen LogP contribution in [0.15, 0.2) is 60.8 Å². The number of phosphoric ester groups is 1. The highest BCUT2D eigenvalue weighted by atomic mass is 31.2. The normalized spacial score (nSPS) is 22.6. The van der Waals surface area contributed by atoms with Crippen molar-refractivity contribution in [1.29, 1.82) is 0 Å². The number of carbonyl (C=O) groups excluding carboxylic acids is 2. The molecular weight excluding hydrogens is 803 g/mol. The van der Waals surface area contributed by atoms with E-state index in [1.807, 2.05) is 12.2 Å². The molecule has 0 spiro atoms. The van der Waals surface area contributed by atoms with E-state index in [2.05, 4.69) is 50.3 Å². The number of ether oxygens (including phenoxy) is 2. The first-order valence-electron chi connectivity index (χ1n) is 23.1. The highest BCUT2D eigenvalue weighted by molar-refractivity contribution is 7.47. The van der Waals surface area contributed by atoms with E-state index in [0.717, 1.165) is 44.9 Å². The lowest BCUT2D eigenvalue weighted by atomic mass is 9.85. The molecular formula is C47H81O13P. The second-order valence-corrected chi connectivity index (χ2v) is 17.3. The summed E-state index contributed by atoms with van der Waals surface area (Å²) in [7, 11) is -5.14. The molecule has 1 aliphatic rings. The third kappa shape index (κ3) is 29.5. The van der Waals surface area contributed by atoms with Crippen LogP contribution in [-0.4, -0.2) is 98.3 Å². The van der Waals surface area contributed by atoms with Gasteiger partial charge < -0.3 is 39.9 Å². The van der Waals surface area contributed by atoms with Crippen LogP contribution in [0, 0.1) is 0 Å². The third-order valence-corrected chi connectivity index (χ3v) is 11.4. The predicted molar refractivity (Wildman–Crippen MR) is 239 cm³/mol. The van der Waals surface area contributed by atoms with Gasteiger partial charge in [0.25, 0.3) is 0 Å². The number of aliphatic hydroxyl groups is 5. The Kier molecular flexibility index (Phi) is 34.3. The third-order valence-electron chi connectivity index (χ3n) is 10.4. The minimum Gasteiger partial charge on any atom is -0.462 e. The molecule has 0 aliphatic heterocycles. The molecule has 61 heavy (non-hydrogen) atoms. The minimum atomic E-state index is -5.14. The van der Waals surface area contributed by atoms with Crippen molar-refractivity contribution in [1.82, 2.24) is 0 Å². The number of allylic oxidation sites excluding steroid dienone is 9. The van der Waals surface area contributed by atoms with Gasteiger partial charge in [0.1, 0.15) is 43.2 Å². The van der Waals surface area contributed by atoms with E-state index in [1.54, 1.807) is 12.2 Å². The summed E-state index contributed by atoms with van der Waals surface area (Å²) in [6.07, 6.45) is 31.7. The van der Waals surface area contributed by atoms with Crippen LogP contribution in [-0.2, 0) is 32.7 Å². The molecule has 14 heteroatoms. The number of esters is 2. The Bertz CT molecular complexity index is 1300.